The van der Waals surface area contributed by atoms with Crippen molar-refractivity contribution in [2.45, 2.75) is 31.3 Å². The lowest BCUT2D eigenvalue weighted by Crippen LogP contribution is -2.38. The highest BCUT2D eigenvalue weighted by Gasteiger charge is 2.28. The van der Waals surface area contributed by atoms with Gasteiger partial charge in [-0.15, -0.1) is 11.3 Å². The van der Waals surface area contributed by atoms with Crippen molar-refractivity contribution in [2.75, 3.05) is 27.2 Å². The highest BCUT2D eigenvalue weighted by molar-refractivity contribution is 7.17. The Bertz CT molecular complexity index is 1640. The van der Waals surface area contributed by atoms with Crippen molar-refractivity contribution in [3.63, 3.8) is 0 Å². The molecule has 3 N–H and O–H groups in total. The summed E-state index contributed by atoms with van der Waals surface area (Å²) < 4.78 is 1.67. The minimum absolute atomic E-state index is 0.0146. The maximum absolute atomic E-state index is 13.2. The molecule has 12 heteroatoms. The van der Waals surface area contributed by atoms with Crippen LogP contribution in [0, 0.1) is 0 Å². The van der Waals surface area contributed by atoms with Gasteiger partial charge in [0.2, 0.25) is 5.88 Å². The van der Waals surface area contributed by atoms with E-state index >= 15 is 0 Å². The summed E-state index contributed by atoms with van der Waals surface area (Å²) >= 11 is 1.41. The van der Waals surface area contributed by atoms with E-state index < -0.39 is 5.69 Å². The number of amides is 1. The molecule has 1 amide bonds. The number of likely N-dealkylation sites (tertiary alicyclic amines) is 1. The smallest absolute Gasteiger partial charge is 0.326 e. The molecule has 1 atom stereocenters. The van der Waals surface area contributed by atoms with Crippen LogP contribution in [0.15, 0.2) is 34.2 Å². The molecule has 0 aromatic carbocycles. The van der Waals surface area contributed by atoms with Crippen LogP contribution in [0.3, 0.4) is 0 Å². The van der Waals surface area contributed by atoms with Gasteiger partial charge in [-0.1, -0.05) is 0 Å². The first kappa shape index (κ1) is 22.7. The molecular weight excluding hydrogens is 480 g/mol. The van der Waals surface area contributed by atoms with Gasteiger partial charge in [0.05, 0.1) is 27.7 Å². The Kier molecular flexibility index (Phi) is 5.49. The quantitative estimate of drug-likeness (QED) is 0.362. The first-order chi connectivity index (χ1) is 17.4. The maximum atomic E-state index is 13.2. The number of hydrogen-bond acceptors (Lipinski definition) is 8. The molecule has 1 aliphatic carbocycles. The molecule has 11 nitrogen and oxygen atoms in total. The first-order valence-electron chi connectivity index (χ1n) is 11.9. The van der Waals surface area contributed by atoms with E-state index in [2.05, 4.69) is 27.0 Å². The average molecular weight is 507 g/mol. The molecule has 1 saturated carbocycles. The number of likely N-dealkylation sites (N-methyl/N-ethyl adjacent to an activating group) is 2. The number of aromatic amines is 2. The number of imidazole rings is 1. The topological polar surface area (TPSA) is 135 Å². The van der Waals surface area contributed by atoms with Crippen LogP contribution in [-0.2, 0) is 0 Å². The van der Waals surface area contributed by atoms with Crippen LogP contribution >= 0.6 is 11.3 Å². The number of aromatic nitrogens is 5. The number of rotatable bonds is 5. The largest absolute Gasteiger partial charge is 0.493 e. The Labute approximate surface area is 209 Å². The molecule has 2 fully saturated rings. The van der Waals surface area contributed by atoms with Crippen LogP contribution in [-0.4, -0.2) is 84.6 Å². The van der Waals surface area contributed by atoms with Crippen molar-refractivity contribution >= 4 is 29.0 Å². The number of carbonyl (C=O) groups is 1. The van der Waals surface area contributed by atoms with Gasteiger partial charge in [0.15, 0.2) is 11.1 Å². The molecule has 4 aromatic rings. The molecular formula is C24H26N8O3S. The van der Waals surface area contributed by atoms with Gasteiger partial charge >= 0.3 is 5.69 Å². The Morgan fingerprint density at radius 1 is 1.31 bits per heavy atom. The number of hydrogen-bond donors (Lipinski definition) is 3. The predicted molar refractivity (Wildman–Crippen MR) is 135 cm³/mol. The molecule has 5 heterocycles. The highest BCUT2D eigenvalue weighted by Crippen LogP contribution is 2.28. The van der Waals surface area contributed by atoms with E-state index in [1.807, 2.05) is 30.1 Å². The number of H-pyrrole nitrogens is 2. The Hall–Kier alpha value is -3.77. The summed E-state index contributed by atoms with van der Waals surface area (Å²) in [7, 11) is 3.95. The van der Waals surface area contributed by atoms with Crippen molar-refractivity contribution < 1.29 is 9.90 Å². The third-order valence-electron chi connectivity index (χ3n) is 6.68. The fourth-order valence-corrected chi connectivity index (χ4v) is 5.43. The van der Waals surface area contributed by atoms with Crippen molar-refractivity contribution in [3.8, 4) is 16.5 Å². The van der Waals surface area contributed by atoms with Crippen LogP contribution in [0.4, 0.5) is 0 Å². The maximum Gasteiger partial charge on any atom is 0.326 e. The fourth-order valence-electron chi connectivity index (χ4n) is 4.48. The van der Waals surface area contributed by atoms with Crippen molar-refractivity contribution in [3.05, 3.63) is 56.2 Å². The van der Waals surface area contributed by atoms with E-state index in [1.54, 1.807) is 16.8 Å². The van der Waals surface area contributed by atoms with E-state index in [0.717, 1.165) is 37.2 Å². The summed E-state index contributed by atoms with van der Waals surface area (Å²) in [6, 6.07) is 6.15. The molecule has 0 bridgehead atoms. The van der Waals surface area contributed by atoms with Crippen molar-refractivity contribution in [2.24, 2.45) is 4.99 Å². The van der Waals surface area contributed by atoms with Crippen LogP contribution in [0.25, 0.3) is 22.3 Å². The number of fused-ring (bicyclic) bond motifs is 1. The summed E-state index contributed by atoms with van der Waals surface area (Å²) in [5, 5.41) is 15.1. The number of aromatic hydroxyl groups is 1. The summed E-state index contributed by atoms with van der Waals surface area (Å²) in [4.78, 5) is 44.8. The zero-order valence-corrected chi connectivity index (χ0v) is 20.7. The molecule has 186 valence electrons. The minimum Gasteiger partial charge on any atom is -0.493 e. The van der Waals surface area contributed by atoms with Crippen LogP contribution in [0.5, 0.6) is 5.88 Å². The van der Waals surface area contributed by atoms with Gasteiger partial charge in [-0.05, 0) is 51.1 Å². The number of thiophene rings is 1. The normalized spacial score (nSPS) is 19.6. The van der Waals surface area contributed by atoms with Gasteiger partial charge in [0, 0.05) is 30.9 Å². The van der Waals surface area contributed by atoms with E-state index in [0.29, 0.717) is 26.9 Å². The standard InChI is InChI=1S/C24H26N8O3S/c1-30-8-7-15(12-30)31(2)23(34)19-6-5-18(36-19)16-10-20(26-14-3-4-14)32-21(27-16)13(11-25-32)9-17-22(33)29-24(35)28-17/h5-6,9-11,14-15,33H,3-4,7-8,12H2,1-2H3,(H2,28,29,35). The molecule has 1 saturated heterocycles. The van der Waals surface area contributed by atoms with E-state index in [9.17, 15) is 14.7 Å². The van der Waals surface area contributed by atoms with Gasteiger partial charge in [-0.25, -0.2) is 9.78 Å². The Morgan fingerprint density at radius 3 is 2.83 bits per heavy atom. The van der Waals surface area contributed by atoms with E-state index in [4.69, 9.17) is 9.98 Å². The van der Waals surface area contributed by atoms with Crippen molar-refractivity contribution in [1.29, 1.82) is 0 Å². The van der Waals surface area contributed by atoms with Crippen molar-refractivity contribution in [1.82, 2.24) is 34.4 Å². The van der Waals surface area contributed by atoms with Crippen LogP contribution in [0.1, 0.15) is 34.6 Å². The lowest BCUT2D eigenvalue weighted by atomic mass is 10.2. The number of nitrogens with zero attached hydrogens (tertiary/aromatic N) is 6. The molecule has 0 spiro atoms. The second kappa shape index (κ2) is 8.71. The zero-order chi connectivity index (χ0) is 25.0. The molecule has 36 heavy (non-hydrogen) atoms. The van der Waals surface area contributed by atoms with Crippen LogP contribution in [0.2, 0.25) is 0 Å². The highest BCUT2D eigenvalue weighted by atomic mass is 32.1. The lowest BCUT2D eigenvalue weighted by molar-refractivity contribution is 0.0742. The van der Waals surface area contributed by atoms with Gasteiger partial charge in [0.25, 0.3) is 5.91 Å². The SMILES string of the molecule is CN1CCC(N(C)C(=O)c2ccc(-c3cc(=NC4CC4)n4ncc(=Cc5[nH]c(=O)[nH]c5O)c4n3)s2)C1. The molecule has 0 radical (unpaired) electrons. The number of nitrogens with one attached hydrogen (secondary N) is 2. The number of carbonyl (C=O) groups excluding carboxylic acids is 1. The summed E-state index contributed by atoms with van der Waals surface area (Å²) in [5.74, 6) is -0.238. The molecule has 4 aromatic heterocycles. The monoisotopic (exact) mass is 506 g/mol. The second-order valence-electron chi connectivity index (χ2n) is 9.47. The van der Waals surface area contributed by atoms with Gasteiger partial charge < -0.3 is 19.9 Å². The van der Waals surface area contributed by atoms with E-state index in [1.165, 1.54) is 11.3 Å². The molecule has 1 unspecified atom stereocenters. The van der Waals surface area contributed by atoms with Crippen LogP contribution < -0.4 is 16.4 Å². The average Bonchev–Trinajstić information content (AvgIpc) is 3.22. The third kappa shape index (κ3) is 4.22. The molecule has 6 rings (SSSR count). The second-order valence-corrected chi connectivity index (χ2v) is 10.5. The molecule has 1 aliphatic heterocycles. The Morgan fingerprint density at radius 2 is 2.14 bits per heavy atom. The fraction of sp³-hybridized carbons (Fsp3) is 0.375. The van der Waals surface area contributed by atoms with E-state index in [-0.39, 0.29) is 29.6 Å². The predicted octanol–water partition coefficient (Wildman–Crippen LogP) is 0.567. The summed E-state index contributed by atoms with van der Waals surface area (Å²) in [6.45, 7) is 1.88. The van der Waals surface area contributed by atoms with Gasteiger partial charge in [-0.3, -0.25) is 14.8 Å². The third-order valence-corrected chi connectivity index (χ3v) is 7.78. The Balaban J connectivity index is 1.41. The summed E-state index contributed by atoms with van der Waals surface area (Å²) in [5.41, 5.74) is 1.65. The summed E-state index contributed by atoms with van der Waals surface area (Å²) in [6.07, 6.45) is 6.30. The molecule has 2 aliphatic rings. The zero-order valence-electron chi connectivity index (χ0n) is 19.9. The van der Waals surface area contributed by atoms with Gasteiger partial charge in [-0.2, -0.15) is 9.61 Å². The first-order valence-corrected chi connectivity index (χ1v) is 12.7. The minimum atomic E-state index is -0.502. The van der Waals surface area contributed by atoms with Gasteiger partial charge in [0.1, 0.15) is 5.69 Å². The lowest BCUT2D eigenvalue weighted by Gasteiger charge is -2.23.